The molecule has 0 nitrogen and oxygen atoms in total. The van der Waals surface area contributed by atoms with Crippen molar-refractivity contribution in [3.05, 3.63) is 0 Å². The van der Waals surface area contributed by atoms with E-state index in [0.717, 1.165) is 23.0 Å². The molecule has 0 aromatic heterocycles. The van der Waals surface area contributed by atoms with Crippen molar-refractivity contribution >= 4 is 30.7 Å². The number of rotatable bonds is 5. The fraction of sp³-hybridized carbons (Fsp3) is 0.857. The van der Waals surface area contributed by atoms with Crippen molar-refractivity contribution in [3.8, 4) is 11.5 Å². The summed E-state index contributed by atoms with van der Waals surface area (Å²) in [6.45, 7) is 14.2. The largest absolute Gasteiger partial charge is 0.145 e. The molecule has 0 bridgehead atoms. The molecule has 0 radical (unpaired) electrons. The quantitative estimate of drug-likeness (QED) is 0.204. The van der Waals surface area contributed by atoms with Crippen LogP contribution in [0.15, 0.2) is 0 Å². The second-order valence-electron chi connectivity index (χ2n) is 5.49. The molecule has 0 aliphatic heterocycles. The maximum atomic E-state index is 3.75. The number of alkyl halides is 1. The Bertz CT molecular complexity index is 223. The van der Waals surface area contributed by atoms with Crippen molar-refractivity contribution in [1.82, 2.24) is 0 Å². The first-order valence-corrected chi connectivity index (χ1v) is 10.2. The Hall–Kier alpha value is 0.507. The van der Waals surface area contributed by atoms with Crippen LogP contribution in [0.25, 0.3) is 0 Å². The molecule has 0 aliphatic rings. The number of halogens is 1. The van der Waals surface area contributed by atoms with Crippen molar-refractivity contribution < 1.29 is 0 Å². The summed E-state index contributed by atoms with van der Waals surface area (Å²) in [6, 6.07) is 0. The summed E-state index contributed by atoms with van der Waals surface area (Å²) in [5.41, 5.74) is 6.04. The third-order valence-corrected chi connectivity index (χ3v) is 10.7. The molecular formula is C14H27ISi. The van der Waals surface area contributed by atoms with Crippen molar-refractivity contribution in [1.29, 1.82) is 0 Å². The van der Waals surface area contributed by atoms with Crippen molar-refractivity contribution in [2.24, 2.45) is 0 Å². The van der Waals surface area contributed by atoms with Crippen molar-refractivity contribution in [2.45, 2.75) is 71.0 Å². The zero-order valence-corrected chi connectivity index (χ0v) is 14.9. The summed E-state index contributed by atoms with van der Waals surface area (Å²) in [7, 11) is -1.44. The topological polar surface area (TPSA) is 0 Å². The van der Waals surface area contributed by atoms with Gasteiger partial charge in [-0.3, -0.25) is 0 Å². The number of hydrogen-bond acceptors (Lipinski definition) is 0. The third-order valence-electron chi connectivity index (χ3n) is 3.61. The maximum Gasteiger partial charge on any atom is 0.145 e. The first-order valence-electron chi connectivity index (χ1n) is 6.45. The first-order chi connectivity index (χ1) is 7.39. The predicted molar refractivity (Wildman–Crippen MR) is 86.9 cm³/mol. The summed E-state index contributed by atoms with van der Waals surface area (Å²) in [6.07, 6.45) is 2.33. The van der Waals surface area contributed by atoms with E-state index in [1.165, 1.54) is 10.8 Å². The minimum absolute atomic E-state index is 0.764. The highest BCUT2D eigenvalue weighted by Crippen LogP contribution is 2.40. The average Bonchev–Trinajstić information content (AvgIpc) is 2.16. The highest BCUT2D eigenvalue weighted by Gasteiger charge is 2.41. The monoisotopic (exact) mass is 350 g/mol. The van der Waals surface area contributed by atoms with Gasteiger partial charge in [0, 0.05) is 10.8 Å². The van der Waals surface area contributed by atoms with E-state index in [1.54, 1.807) is 0 Å². The van der Waals surface area contributed by atoms with Gasteiger partial charge < -0.3 is 0 Å². The fourth-order valence-electron chi connectivity index (χ4n) is 2.80. The summed E-state index contributed by atoms with van der Waals surface area (Å²) in [4.78, 5) is 0. The van der Waals surface area contributed by atoms with Crippen LogP contribution >= 0.6 is 22.6 Å². The Kier molecular flexibility index (Phi) is 8.01. The van der Waals surface area contributed by atoms with Gasteiger partial charge in [-0.2, -0.15) is 0 Å². The molecule has 0 amide bonds. The molecule has 0 aromatic carbocycles. The predicted octanol–water partition coefficient (Wildman–Crippen LogP) is 5.42. The van der Waals surface area contributed by atoms with Gasteiger partial charge in [0.05, 0.1) is 0 Å². The van der Waals surface area contributed by atoms with E-state index in [1.807, 2.05) is 0 Å². The van der Waals surface area contributed by atoms with E-state index in [9.17, 15) is 0 Å². The number of hydrogen-bond donors (Lipinski definition) is 0. The summed E-state index contributed by atoms with van der Waals surface area (Å²) in [5, 5.41) is 0. The highest BCUT2D eigenvalue weighted by molar-refractivity contribution is 14.1. The minimum Gasteiger partial charge on any atom is -0.130 e. The molecule has 0 heterocycles. The Labute approximate surface area is 117 Å². The first kappa shape index (κ1) is 16.5. The molecule has 0 fully saturated rings. The van der Waals surface area contributed by atoms with Gasteiger partial charge in [-0.15, -0.1) is 11.5 Å². The Morgan fingerprint density at radius 1 is 0.938 bits per heavy atom. The fourth-order valence-corrected chi connectivity index (χ4v) is 8.48. The highest BCUT2D eigenvalue weighted by atomic mass is 127. The normalized spacial score (nSPS) is 12.1. The molecule has 0 saturated heterocycles. The lowest BCUT2D eigenvalue weighted by Crippen LogP contribution is -2.43. The van der Waals surface area contributed by atoms with Gasteiger partial charge in [0.1, 0.15) is 8.07 Å². The van der Waals surface area contributed by atoms with Crippen LogP contribution < -0.4 is 0 Å². The van der Waals surface area contributed by atoms with Crippen LogP contribution in [0.3, 0.4) is 0 Å². The number of unbranched alkanes of at least 4 members (excludes halogenated alkanes) is 1. The summed E-state index contributed by atoms with van der Waals surface area (Å²) in [5.74, 6) is 3.48. The van der Waals surface area contributed by atoms with E-state index in [2.05, 4.69) is 75.6 Å². The molecule has 0 atom stereocenters. The van der Waals surface area contributed by atoms with Crippen LogP contribution in [0.1, 0.15) is 54.4 Å². The Balaban J connectivity index is 4.95. The van der Waals surface area contributed by atoms with Crippen LogP contribution in [0, 0.1) is 11.5 Å². The molecule has 0 rings (SSSR count). The van der Waals surface area contributed by atoms with E-state index >= 15 is 0 Å². The lowest BCUT2D eigenvalue weighted by Gasteiger charge is -2.38. The molecular weight excluding hydrogens is 323 g/mol. The molecule has 0 unspecified atom stereocenters. The molecule has 94 valence electrons. The standard InChI is InChI=1S/C14H27ISi/c1-12(2)16(13(3)4,14(5)6)11-9-7-8-10-15/h12-14H,7-8,10H2,1-6H3. The second-order valence-corrected chi connectivity index (χ2v) is 12.2. The van der Waals surface area contributed by atoms with E-state index in [-0.39, 0.29) is 0 Å². The zero-order chi connectivity index (χ0) is 12.8. The van der Waals surface area contributed by atoms with Gasteiger partial charge in [-0.05, 0) is 23.0 Å². The van der Waals surface area contributed by atoms with Gasteiger partial charge in [0.25, 0.3) is 0 Å². The van der Waals surface area contributed by atoms with Gasteiger partial charge in [0.15, 0.2) is 0 Å². The van der Waals surface area contributed by atoms with Crippen molar-refractivity contribution in [2.75, 3.05) is 4.43 Å². The van der Waals surface area contributed by atoms with Crippen LogP contribution in [-0.2, 0) is 0 Å². The molecule has 0 N–H and O–H groups in total. The molecule has 0 aliphatic carbocycles. The summed E-state index contributed by atoms with van der Waals surface area (Å²) < 4.78 is 1.23. The maximum absolute atomic E-state index is 3.75. The van der Waals surface area contributed by atoms with Crippen LogP contribution in [-0.4, -0.2) is 12.5 Å². The van der Waals surface area contributed by atoms with Crippen LogP contribution in [0.4, 0.5) is 0 Å². The van der Waals surface area contributed by atoms with E-state index in [0.29, 0.717) is 0 Å². The van der Waals surface area contributed by atoms with Gasteiger partial charge in [-0.25, -0.2) is 0 Å². The Morgan fingerprint density at radius 3 is 1.69 bits per heavy atom. The lowest BCUT2D eigenvalue weighted by atomic mass is 10.4. The summed E-state index contributed by atoms with van der Waals surface area (Å²) >= 11 is 2.43. The molecule has 0 saturated carbocycles. The SMILES string of the molecule is CC(C)[Si](C#CCCCI)(C(C)C)C(C)C. The van der Waals surface area contributed by atoms with E-state index in [4.69, 9.17) is 0 Å². The van der Waals surface area contributed by atoms with Crippen molar-refractivity contribution in [3.63, 3.8) is 0 Å². The van der Waals surface area contributed by atoms with Crippen LogP contribution in [0.2, 0.25) is 16.6 Å². The van der Waals surface area contributed by atoms with E-state index < -0.39 is 8.07 Å². The van der Waals surface area contributed by atoms with Gasteiger partial charge in [-0.1, -0.05) is 64.1 Å². The second kappa shape index (κ2) is 7.76. The zero-order valence-electron chi connectivity index (χ0n) is 11.7. The van der Waals surface area contributed by atoms with Gasteiger partial charge >= 0.3 is 0 Å². The Morgan fingerprint density at radius 2 is 1.38 bits per heavy atom. The molecule has 16 heavy (non-hydrogen) atoms. The smallest absolute Gasteiger partial charge is 0.130 e. The third kappa shape index (κ3) is 4.07. The molecule has 0 aromatic rings. The molecule has 2 heteroatoms. The molecule has 0 spiro atoms. The lowest BCUT2D eigenvalue weighted by molar-refractivity contribution is 0.838. The average molecular weight is 350 g/mol. The minimum atomic E-state index is -1.44. The van der Waals surface area contributed by atoms with Crippen LogP contribution in [0.5, 0.6) is 0 Å². The van der Waals surface area contributed by atoms with Gasteiger partial charge in [0.2, 0.25) is 0 Å².